The van der Waals surface area contributed by atoms with Gasteiger partial charge >= 0.3 is 0 Å². The summed E-state index contributed by atoms with van der Waals surface area (Å²) in [7, 11) is 1.75. The molecule has 1 fully saturated rings. The molecule has 0 aliphatic carbocycles. The fraction of sp³-hybridized carbons (Fsp3) is 0.538. The van der Waals surface area contributed by atoms with Gasteiger partial charge in [0, 0.05) is 18.2 Å². The number of nitrogens with zero attached hydrogens (tertiary/aromatic N) is 6. The summed E-state index contributed by atoms with van der Waals surface area (Å²) in [5, 5.41) is 36.9. The van der Waals surface area contributed by atoms with E-state index in [2.05, 4.69) is 25.3 Å². The lowest BCUT2D eigenvalue weighted by atomic mass is 9.92. The van der Waals surface area contributed by atoms with Gasteiger partial charge in [-0.15, -0.1) is 0 Å². The molecule has 128 valence electrons. The van der Waals surface area contributed by atoms with E-state index in [9.17, 15) is 15.3 Å². The Kier molecular flexibility index (Phi) is 4.26. The van der Waals surface area contributed by atoms with Crippen LogP contribution in [0.1, 0.15) is 6.23 Å². The SMILES string of the molecule is CNc1ccnc2c1ncn2[C@@H]1O[C@H](CO)[C@](O)(CN=[N+]=[N-])[C@H]1O. The molecule has 2 aromatic heterocycles. The first-order chi connectivity index (χ1) is 11.6. The van der Waals surface area contributed by atoms with Crippen molar-refractivity contribution in [1.82, 2.24) is 14.5 Å². The molecule has 11 heteroatoms. The maximum atomic E-state index is 10.6. The summed E-state index contributed by atoms with van der Waals surface area (Å²) >= 11 is 0. The summed E-state index contributed by atoms with van der Waals surface area (Å²) in [6.45, 7) is -0.985. The summed E-state index contributed by atoms with van der Waals surface area (Å²) < 4.78 is 7.06. The van der Waals surface area contributed by atoms with E-state index in [4.69, 9.17) is 10.3 Å². The highest BCUT2D eigenvalue weighted by Gasteiger charge is 2.55. The molecule has 0 bridgehead atoms. The van der Waals surface area contributed by atoms with Crippen molar-refractivity contribution in [3.63, 3.8) is 0 Å². The highest BCUT2D eigenvalue weighted by atomic mass is 16.6. The largest absolute Gasteiger partial charge is 0.394 e. The van der Waals surface area contributed by atoms with Gasteiger partial charge in [-0.25, -0.2) is 9.97 Å². The van der Waals surface area contributed by atoms with Crippen LogP contribution in [0.15, 0.2) is 23.7 Å². The lowest BCUT2D eigenvalue weighted by Gasteiger charge is -2.28. The molecule has 0 amide bonds. The first-order valence-corrected chi connectivity index (χ1v) is 7.23. The molecule has 4 N–H and O–H groups in total. The Morgan fingerprint density at radius 1 is 1.54 bits per heavy atom. The number of aromatic nitrogens is 3. The van der Waals surface area contributed by atoms with Gasteiger partial charge in [-0.1, -0.05) is 5.11 Å². The maximum Gasteiger partial charge on any atom is 0.166 e. The highest BCUT2D eigenvalue weighted by molar-refractivity contribution is 5.85. The van der Waals surface area contributed by atoms with Gasteiger partial charge in [0.2, 0.25) is 0 Å². The highest BCUT2D eigenvalue weighted by Crippen LogP contribution is 2.39. The second-order valence-electron chi connectivity index (χ2n) is 5.46. The predicted molar refractivity (Wildman–Crippen MR) is 83.0 cm³/mol. The van der Waals surface area contributed by atoms with Crippen LogP contribution in [-0.4, -0.2) is 67.9 Å². The number of ether oxygens (including phenoxy) is 1. The second kappa shape index (κ2) is 6.23. The van der Waals surface area contributed by atoms with Gasteiger partial charge in [-0.3, -0.25) is 4.57 Å². The van der Waals surface area contributed by atoms with Crippen LogP contribution in [0.5, 0.6) is 0 Å². The standard InChI is InChI=1S/C13H17N7O4/c1-15-7-2-3-16-11-9(7)17-6-20(11)12-10(22)13(23,5-18-19-14)8(4-21)24-12/h2-3,6,8,10,12,21-23H,4-5H2,1H3,(H,15,16)/t8-,10+,12-,13-/m1/s1. The Hall–Kier alpha value is -2.43. The Morgan fingerprint density at radius 3 is 3.00 bits per heavy atom. The van der Waals surface area contributed by atoms with E-state index in [0.29, 0.717) is 11.2 Å². The van der Waals surface area contributed by atoms with Crippen molar-refractivity contribution < 1.29 is 20.1 Å². The Labute approximate surface area is 136 Å². The van der Waals surface area contributed by atoms with Crippen LogP contribution in [0.3, 0.4) is 0 Å². The van der Waals surface area contributed by atoms with E-state index in [0.717, 1.165) is 5.69 Å². The quantitative estimate of drug-likeness (QED) is 0.333. The van der Waals surface area contributed by atoms with E-state index in [1.165, 1.54) is 10.9 Å². The number of nitrogens with one attached hydrogen (secondary N) is 1. The average molecular weight is 335 g/mol. The molecule has 1 aliphatic heterocycles. The summed E-state index contributed by atoms with van der Waals surface area (Å²) in [4.78, 5) is 11.1. The van der Waals surface area contributed by atoms with Crippen molar-refractivity contribution >= 4 is 16.9 Å². The second-order valence-corrected chi connectivity index (χ2v) is 5.46. The van der Waals surface area contributed by atoms with Gasteiger partial charge in [0.05, 0.1) is 25.2 Å². The predicted octanol–water partition coefficient (Wildman–Crippen LogP) is -0.235. The third kappa shape index (κ3) is 2.35. The Morgan fingerprint density at radius 2 is 2.33 bits per heavy atom. The monoisotopic (exact) mass is 335 g/mol. The van der Waals surface area contributed by atoms with Crippen molar-refractivity contribution in [2.45, 2.75) is 24.0 Å². The normalized spacial score (nSPS) is 29.6. The first-order valence-electron chi connectivity index (χ1n) is 7.23. The number of anilines is 1. The van der Waals surface area contributed by atoms with Crippen LogP contribution >= 0.6 is 0 Å². The van der Waals surface area contributed by atoms with Gasteiger partial charge in [0.25, 0.3) is 0 Å². The van der Waals surface area contributed by atoms with E-state index in [1.54, 1.807) is 19.3 Å². The zero-order valence-corrected chi connectivity index (χ0v) is 12.8. The molecule has 0 spiro atoms. The molecule has 0 saturated carbocycles. The molecule has 4 atom stereocenters. The van der Waals surface area contributed by atoms with Crippen molar-refractivity contribution in [2.24, 2.45) is 5.11 Å². The summed E-state index contributed by atoms with van der Waals surface area (Å²) in [5.41, 5.74) is 8.31. The molecule has 0 aromatic carbocycles. The van der Waals surface area contributed by atoms with Crippen LogP contribution in [-0.2, 0) is 4.74 Å². The van der Waals surface area contributed by atoms with Gasteiger partial charge in [-0.2, -0.15) is 0 Å². The number of pyridine rings is 1. The van der Waals surface area contributed by atoms with Crippen LogP contribution < -0.4 is 5.32 Å². The van der Waals surface area contributed by atoms with E-state index < -0.39 is 37.2 Å². The number of aliphatic hydroxyl groups excluding tert-OH is 2. The van der Waals surface area contributed by atoms with Crippen LogP contribution in [0.25, 0.3) is 21.6 Å². The van der Waals surface area contributed by atoms with E-state index in [1.807, 2.05) is 0 Å². The van der Waals surface area contributed by atoms with Crippen LogP contribution in [0.2, 0.25) is 0 Å². The van der Waals surface area contributed by atoms with Crippen LogP contribution in [0, 0.1) is 0 Å². The third-order valence-corrected chi connectivity index (χ3v) is 4.20. The third-order valence-electron chi connectivity index (χ3n) is 4.20. The number of hydrogen-bond acceptors (Lipinski definition) is 8. The van der Waals surface area contributed by atoms with Gasteiger partial charge < -0.3 is 25.4 Å². The molecule has 0 unspecified atom stereocenters. The van der Waals surface area contributed by atoms with Crippen molar-refractivity contribution in [3.8, 4) is 0 Å². The molecular formula is C13H17N7O4. The summed E-state index contributed by atoms with van der Waals surface area (Å²) in [6.07, 6.45) is -0.597. The van der Waals surface area contributed by atoms with E-state index in [-0.39, 0.29) is 0 Å². The molecule has 2 aromatic rings. The van der Waals surface area contributed by atoms with Crippen molar-refractivity contribution in [1.29, 1.82) is 0 Å². The lowest BCUT2D eigenvalue weighted by Crippen LogP contribution is -2.51. The van der Waals surface area contributed by atoms with Gasteiger partial charge in [-0.05, 0) is 11.6 Å². The molecule has 1 aliphatic rings. The Bertz CT molecular complexity index is 790. The molecule has 0 radical (unpaired) electrons. The lowest BCUT2D eigenvalue weighted by molar-refractivity contribution is -0.0860. The molecular weight excluding hydrogens is 318 g/mol. The zero-order valence-electron chi connectivity index (χ0n) is 12.8. The summed E-state index contributed by atoms with van der Waals surface area (Å²) in [5.74, 6) is 0. The minimum absolute atomic E-state index is 0.436. The van der Waals surface area contributed by atoms with Crippen LogP contribution in [0.4, 0.5) is 5.69 Å². The molecule has 1 saturated heterocycles. The number of imidazole rings is 1. The molecule has 24 heavy (non-hydrogen) atoms. The topological polar surface area (TPSA) is 161 Å². The van der Waals surface area contributed by atoms with Gasteiger partial charge in [0.1, 0.15) is 23.3 Å². The average Bonchev–Trinajstić information content (AvgIpc) is 3.13. The fourth-order valence-electron chi connectivity index (χ4n) is 2.88. The summed E-state index contributed by atoms with van der Waals surface area (Å²) in [6, 6.07) is 1.75. The number of rotatable bonds is 5. The minimum atomic E-state index is -1.91. The molecule has 3 heterocycles. The number of hydrogen-bond donors (Lipinski definition) is 4. The maximum absolute atomic E-state index is 10.6. The number of azide groups is 1. The van der Waals surface area contributed by atoms with Gasteiger partial charge in [0.15, 0.2) is 11.9 Å². The Balaban J connectivity index is 2.03. The zero-order chi connectivity index (χ0) is 17.3. The molecule has 3 rings (SSSR count). The van der Waals surface area contributed by atoms with Crippen molar-refractivity contribution in [3.05, 3.63) is 29.0 Å². The number of aliphatic hydroxyl groups is 3. The smallest absolute Gasteiger partial charge is 0.166 e. The first kappa shape index (κ1) is 16.4. The fourth-order valence-corrected chi connectivity index (χ4v) is 2.88. The number of fused-ring (bicyclic) bond motifs is 1. The minimum Gasteiger partial charge on any atom is -0.394 e. The van der Waals surface area contributed by atoms with Crippen molar-refractivity contribution in [2.75, 3.05) is 25.5 Å². The molecule has 11 nitrogen and oxygen atoms in total. The van der Waals surface area contributed by atoms with E-state index >= 15 is 0 Å².